The minimum Gasteiger partial charge on any atom is -0.497 e. The van der Waals surface area contributed by atoms with Gasteiger partial charge in [-0.15, -0.1) is 0 Å². The molecule has 0 saturated carbocycles. The van der Waals surface area contributed by atoms with Crippen molar-refractivity contribution >= 4 is 23.4 Å². The molecule has 124 valence electrons. The summed E-state index contributed by atoms with van der Waals surface area (Å²) in [5, 5.41) is 11.0. The highest BCUT2D eigenvalue weighted by atomic mass is 16.7. The molecule has 6 heteroatoms. The first-order valence-electron chi connectivity index (χ1n) is 7.93. The van der Waals surface area contributed by atoms with Gasteiger partial charge in [0.25, 0.3) is 0 Å². The van der Waals surface area contributed by atoms with Crippen LogP contribution in [-0.4, -0.2) is 30.4 Å². The van der Waals surface area contributed by atoms with Gasteiger partial charge in [-0.2, -0.15) is 5.26 Å². The lowest BCUT2D eigenvalue weighted by molar-refractivity contribution is 0.00578. The lowest BCUT2D eigenvalue weighted by Crippen LogP contribution is -2.41. The van der Waals surface area contributed by atoms with Crippen LogP contribution < -0.4 is 10.2 Å². The third-order valence-electron chi connectivity index (χ3n) is 4.92. The number of hydrogen-bond donors (Lipinski definition) is 0. The zero-order valence-electron chi connectivity index (χ0n) is 14.9. The van der Waals surface area contributed by atoms with Gasteiger partial charge in [0.05, 0.1) is 18.3 Å². The van der Waals surface area contributed by atoms with Crippen molar-refractivity contribution in [1.82, 2.24) is 4.98 Å². The second-order valence-corrected chi connectivity index (χ2v) is 7.13. The summed E-state index contributed by atoms with van der Waals surface area (Å²) in [6, 6.07) is 7.90. The van der Waals surface area contributed by atoms with Gasteiger partial charge in [0, 0.05) is 16.5 Å². The maximum Gasteiger partial charge on any atom is 0.498 e. The van der Waals surface area contributed by atoms with Crippen LogP contribution in [0.1, 0.15) is 39.1 Å². The van der Waals surface area contributed by atoms with Gasteiger partial charge in [-0.25, -0.2) is 4.98 Å². The van der Waals surface area contributed by atoms with E-state index in [2.05, 4.69) is 11.1 Å². The molecule has 0 N–H and O–H groups in total. The molecule has 0 aliphatic carbocycles. The second-order valence-electron chi connectivity index (χ2n) is 7.13. The fraction of sp³-hybridized carbons (Fsp3) is 0.444. The van der Waals surface area contributed by atoms with Crippen molar-refractivity contribution in [3.8, 4) is 11.8 Å². The number of nitriles is 1. The van der Waals surface area contributed by atoms with Crippen molar-refractivity contribution in [1.29, 1.82) is 5.26 Å². The summed E-state index contributed by atoms with van der Waals surface area (Å²) in [5.41, 5.74) is 1.15. The quantitative estimate of drug-likeness (QED) is 0.795. The third-order valence-corrected chi connectivity index (χ3v) is 4.92. The molecule has 2 aromatic rings. The number of hydrogen-bond acceptors (Lipinski definition) is 5. The Labute approximate surface area is 142 Å². The predicted molar refractivity (Wildman–Crippen MR) is 93.5 cm³/mol. The Morgan fingerprint density at radius 2 is 1.75 bits per heavy atom. The standard InChI is InChI=1S/C18H21BN2O3/c1-11-7-12-8-14(19-23-17(2,3)18(4,5)24-19)16(22-6)9-13(12)15(10-20)21-11/h7-9H,1-6H3. The third kappa shape index (κ3) is 2.54. The maximum atomic E-state index is 9.34. The summed E-state index contributed by atoms with van der Waals surface area (Å²) in [6.07, 6.45) is 0. The van der Waals surface area contributed by atoms with Crippen LogP contribution in [0.4, 0.5) is 0 Å². The number of ether oxygens (including phenoxy) is 1. The molecule has 0 atom stereocenters. The molecule has 5 nitrogen and oxygen atoms in total. The van der Waals surface area contributed by atoms with E-state index in [9.17, 15) is 5.26 Å². The van der Waals surface area contributed by atoms with Crippen molar-refractivity contribution in [2.45, 2.75) is 45.8 Å². The van der Waals surface area contributed by atoms with Gasteiger partial charge in [-0.1, -0.05) is 6.07 Å². The second kappa shape index (κ2) is 5.47. The first kappa shape index (κ1) is 16.8. The van der Waals surface area contributed by atoms with Gasteiger partial charge in [0.2, 0.25) is 0 Å². The number of pyridine rings is 1. The Bertz CT molecular complexity index is 839. The number of fused-ring (bicyclic) bond motifs is 1. The molecule has 0 amide bonds. The van der Waals surface area contributed by atoms with E-state index in [1.165, 1.54) is 0 Å². The lowest BCUT2D eigenvalue weighted by atomic mass is 9.77. The highest BCUT2D eigenvalue weighted by Gasteiger charge is 2.52. The summed E-state index contributed by atoms with van der Waals surface area (Å²) in [5.74, 6) is 0.628. The molecule has 24 heavy (non-hydrogen) atoms. The number of nitrogens with zero attached hydrogens (tertiary/aromatic N) is 2. The normalized spacial score (nSPS) is 18.6. The summed E-state index contributed by atoms with van der Waals surface area (Å²) in [6.45, 7) is 9.94. The molecule has 0 unspecified atom stereocenters. The topological polar surface area (TPSA) is 64.4 Å². The molecule has 0 bridgehead atoms. The van der Waals surface area contributed by atoms with Crippen LogP contribution in [0.15, 0.2) is 18.2 Å². The molecular weight excluding hydrogens is 303 g/mol. The van der Waals surface area contributed by atoms with Crippen LogP contribution in [0, 0.1) is 18.3 Å². The maximum absolute atomic E-state index is 9.34. The molecule has 0 spiro atoms. The van der Waals surface area contributed by atoms with E-state index in [1.54, 1.807) is 7.11 Å². The fourth-order valence-electron chi connectivity index (χ4n) is 2.85. The van der Waals surface area contributed by atoms with Gasteiger partial charge < -0.3 is 14.0 Å². The Hall–Kier alpha value is -2.10. The zero-order chi connectivity index (χ0) is 17.7. The van der Waals surface area contributed by atoms with E-state index >= 15 is 0 Å². The van der Waals surface area contributed by atoms with Gasteiger partial charge in [-0.3, -0.25) is 0 Å². The number of aryl methyl sites for hydroxylation is 1. The molecule has 1 saturated heterocycles. The first-order valence-corrected chi connectivity index (χ1v) is 7.93. The fourth-order valence-corrected chi connectivity index (χ4v) is 2.85. The van der Waals surface area contributed by atoms with Crippen molar-refractivity contribution < 1.29 is 14.0 Å². The monoisotopic (exact) mass is 324 g/mol. The summed E-state index contributed by atoms with van der Waals surface area (Å²) in [7, 11) is 1.08. The highest BCUT2D eigenvalue weighted by Crippen LogP contribution is 2.37. The minimum absolute atomic E-state index is 0.392. The van der Waals surface area contributed by atoms with Crippen LogP contribution in [-0.2, 0) is 9.31 Å². The van der Waals surface area contributed by atoms with Crippen molar-refractivity contribution in [3.05, 3.63) is 29.6 Å². The minimum atomic E-state index is -0.520. The number of rotatable bonds is 2. The summed E-state index contributed by atoms with van der Waals surface area (Å²) < 4.78 is 17.8. The summed E-state index contributed by atoms with van der Waals surface area (Å²) >= 11 is 0. The number of methoxy groups -OCH3 is 1. The molecule has 1 aromatic heterocycles. The SMILES string of the molecule is COc1cc2c(C#N)nc(C)cc2cc1B1OC(C)(C)C(C)(C)O1. The van der Waals surface area contributed by atoms with Crippen molar-refractivity contribution in [2.24, 2.45) is 0 Å². The Kier molecular flexibility index (Phi) is 3.82. The van der Waals surface area contributed by atoms with Crippen molar-refractivity contribution in [2.75, 3.05) is 7.11 Å². The number of aromatic nitrogens is 1. The molecule has 2 heterocycles. The lowest BCUT2D eigenvalue weighted by Gasteiger charge is -2.32. The zero-order valence-corrected chi connectivity index (χ0v) is 14.9. The highest BCUT2D eigenvalue weighted by molar-refractivity contribution is 6.63. The van der Waals surface area contributed by atoms with E-state index in [1.807, 2.05) is 52.8 Å². The van der Waals surface area contributed by atoms with Crippen LogP contribution in [0.2, 0.25) is 0 Å². The van der Waals surface area contributed by atoms with E-state index in [4.69, 9.17) is 14.0 Å². The molecule has 3 rings (SSSR count). The Balaban J connectivity index is 2.17. The van der Waals surface area contributed by atoms with Crippen molar-refractivity contribution in [3.63, 3.8) is 0 Å². The van der Waals surface area contributed by atoms with Gasteiger partial charge >= 0.3 is 7.12 Å². The van der Waals surface area contributed by atoms with E-state index < -0.39 is 18.3 Å². The number of benzene rings is 1. The average Bonchev–Trinajstić information content (AvgIpc) is 2.73. The van der Waals surface area contributed by atoms with Crippen LogP contribution >= 0.6 is 0 Å². The van der Waals surface area contributed by atoms with Crippen LogP contribution in [0.5, 0.6) is 5.75 Å². The summed E-state index contributed by atoms with van der Waals surface area (Å²) in [4.78, 5) is 4.29. The Morgan fingerprint density at radius 1 is 1.12 bits per heavy atom. The van der Waals surface area contributed by atoms with Gasteiger partial charge in [0.15, 0.2) is 0 Å². The average molecular weight is 324 g/mol. The van der Waals surface area contributed by atoms with E-state index in [0.29, 0.717) is 11.4 Å². The van der Waals surface area contributed by atoms with Crippen LogP contribution in [0.3, 0.4) is 0 Å². The molecule has 0 radical (unpaired) electrons. The molecule has 1 fully saturated rings. The predicted octanol–water partition coefficient (Wildman–Crippen LogP) is 2.72. The van der Waals surface area contributed by atoms with Gasteiger partial charge in [-0.05, 0) is 52.1 Å². The molecular formula is C18H21BN2O3. The molecule has 1 aliphatic rings. The smallest absolute Gasteiger partial charge is 0.497 e. The molecule has 1 aliphatic heterocycles. The van der Waals surface area contributed by atoms with E-state index in [-0.39, 0.29) is 0 Å². The largest absolute Gasteiger partial charge is 0.498 e. The van der Waals surface area contributed by atoms with Crippen LogP contribution in [0.25, 0.3) is 10.8 Å². The van der Waals surface area contributed by atoms with Gasteiger partial charge in [0.1, 0.15) is 17.5 Å². The molecule has 1 aromatic carbocycles. The Morgan fingerprint density at radius 3 is 2.29 bits per heavy atom. The first-order chi connectivity index (χ1) is 11.2. The van der Waals surface area contributed by atoms with E-state index in [0.717, 1.165) is 21.9 Å².